The fourth-order valence-corrected chi connectivity index (χ4v) is 2.32. The zero-order valence-electron chi connectivity index (χ0n) is 12.4. The molecule has 8 nitrogen and oxygen atoms in total. The molecule has 3 rings (SSSR count). The molecule has 0 aliphatic rings. The fraction of sp³-hybridized carbons (Fsp3) is 0.0667. The van der Waals surface area contributed by atoms with E-state index in [-0.39, 0.29) is 34.0 Å². The number of nitrogens with two attached hydrogens (primary N) is 1. The number of ether oxygens (including phenoxy) is 1. The Morgan fingerprint density at radius 1 is 1.50 bits per heavy atom. The monoisotopic (exact) mass is 327 g/mol. The van der Waals surface area contributed by atoms with Gasteiger partial charge >= 0.3 is 5.97 Å². The Hall–Kier alpha value is -3.67. The van der Waals surface area contributed by atoms with Crippen LogP contribution in [0.25, 0.3) is 17.1 Å². The number of nitriles is 1. The van der Waals surface area contributed by atoms with E-state index < -0.39 is 11.8 Å². The number of nitrogens with zero attached hydrogens (tertiary/aromatic N) is 4. The van der Waals surface area contributed by atoms with Gasteiger partial charge in [0.2, 0.25) is 12.2 Å². The maximum absolute atomic E-state index is 14.4. The van der Waals surface area contributed by atoms with Crippen molar-refractivity contribution in [2.75, 3.05) is 12.8 Å². The van der Waals surface area contributed by atoms with Crippen LogP contribution in [0.3, 0.4) is 0 Å². The first-order valence-electron chi connectivity index (χ1n) is 6.63. The van der Waals surface area contributed by atoms with Crippen LogP contribution in [0, 0.1) is 17.1 Å². The second-order valence-electron chi connectivity index (χ2n) is 4.67. The van der Waals surface area contributed by atoms with Crippen LogP contribution in [-0.4, -0.2) is 27.8 Å². The van der Waals surface area contributed by atoms with Crippen LogP contribution in [0.5, 0.6) is 0 Å². The Morgan fingerprint density at radius 2 is 2.29 bits per heavy atom. The van der Waals surface area contributed by atoms with Gasteiger partial charge in [-0.25, -0.2) is 9.18 Å². The van der Waals surface area contributed by atoms with Gasteiger partial charge in [-0.05, 0) is 12.1 Å². The van der Waals surface area contributed by atoms with Gasteiger partial charge < -0.3 is 19.6 Å². The van der Waals surface area contributed by atoms with Gasteiger partial charge in [-0.3, -0.25) is 0 Å². The van der Waals surface area contributed by atoms with E-state index in [2.05, 4.69) is 14.7 Å². The molecule has 0 aliphatic carbocycles. The topological polar surface area (TPSA) is 120 Å². The van der Waals surface area contributed by atoms with Crippen molar-refractivity contribution < 1.29 is 18.4 Å². The summed E-state index contributed by atoms with van der Waals surface area (Å²) in [6.07, 6.45) is 2.37. The molecule has 0 amide bonds. The molecule has 0 spiro atoms. The molecule has 3 aromatic rings. The van der Waals surface area contributed by atoms with Crippen LogP contribution in [0.15, 0.2) is 35.3 Å². The molecule has 9 heteroatoms. The third kappa shape index (κ3) is 2.26. The summed E-state index contributed by atoms with van der Waals surface area (Å²) < 4.78 is 25.0. The van der Waals surface area contributed by atoms with Gasteiger partial charge in [0.05, 0.1) is 29.6 Å². The van der Waals surface area contributed by atoms with Crippen molar-refractivity contribution in [3.63, 3.8) is 0 Å². The first-order valence-corrected chi connectivity index (χ1v) is 6.63. The lowest BCUT2D eigenvalue weighted by Gasteiger charge is -2.12. The highest BCUT2D eigenvalue weighted by molar-refractivity contribution is 5.96. The number of carbonyl (C=O) groups is 1. The van der Waals surface area contributed by atoms with Crippen LogP contribution < -0.4 is 5.73 Å². The van der Waals surface area contributed by atoms with E-state index in [1.165, 1.54) is 36.1 Å². The lowest BCUT2D eigenvalue weighted by atomic mass is 10.1. The summed E-state index contributed by atoms with van der Waals surface area (Å²) in [4.78, 5) is 15.9. The zero-order valence-corrected chi connectivity index (χ0v) is 12.4. The Morgan fingerprint density at radius 3 is 2.92 bits per heavy atom. The SMILES string of the molecule is COC(=O)c1c(N)c(C#N)cn1-c1cccc(F)c1-c1ncon1. The average molecular weight is 327 g/mol. The van der Waals surface area contributed by atoms with Gasteiger partial charge in [0, 0.05) is 6.20 Å². The fourth-order valence-electron chi connectivity index (χ4n) is 2.32. The molecule has 0 fully saturated rings. The number of halogens is 1. The molecule has 0 aliphatic heterocycles. The van der Waals surface area contributed by atoms with Gasteiger partial charge in [0.25, 0.3) is 0 Å². The maximum atomic E-state index is 14.4. The van der Waals surface area contributed by atoms with E-state index in [0.29, 0.717) is 0 Å². The second kappa shape index (κ2) is 5.85. The average Bonchev–Trinajstić information content (AvgIpc) is 3.21. The third-order valence-electron chi connectivity index (χ3n) is 3.38. The van der Waals surface area contributed by atoms with Crippen molar-refractivity contribution in [1.82, 2.24) is 14.7 Å². The number of esters is 1. The Labute approximate surface area is 134 Å². The Balaban J connectivity index is 2.34. The highest BCUT2D eigenvalue weighted by atomic mass is 19.1. The minimum Gasteiger partial charge on any atom is -0.464 e. The van der Waals surface area contributed by atoms with Crippen molar-refractivity contribution in [2.45, 2.75) is 0 Å². The summed E-state index contributed by atoms with van der Waals surface area (Å²) in [7, 11) is 1.18. The zero-order chi connectivity index (χ0) is 17.3. The van der Waals surface area contributed by atoms with E-state index in [1.807, 2.05) is 6.07 Å². The first kappa shape index (κ1) is 15.2. The number of aromatic nitrogens is 3. The molecule has 2 aromatic heterocycles. The summed E-state index contributed by atoms with van der Waals surface area (Å²) in [5.41, 5.74) is 5.96. The van der Waals surface area contributed by atoms with Crippen LogP contribution in [0.2, 0.25) is 0 Å². The smallest absolute Gasteiger partial charge is 0.357 e. The van der Waals surface area contributed by atoms with Crippen LogP contribution in [0.4, 0.5) is 10.1 Å². The van der Waals surface area contributed by atoms with E-state index in [4.69, 9.17) is 15.7 Å². The molecule has 24 heavy (non-hydrogen) atoms. The van der Waals surface area contributed by atoms with E-state index in [9.17, 15) is 9.18 Å². The predicted octanol–water partition coefficient (Wildman–Crippen LogP) is 1.91. The van der Waals surface area contributed by atoms with Gasteiger partial charge in [-0.2, -0.15) is 10.2 Å². The lowest BCUT2D eigenvalue weighted by molar-refractivity contribution is 0.0593. The lowest BCUT2D eigenvalue weighted by Crippen LogP contribution is -2.12. The standard InChI is InChI=1S/C15H10FN5O3/c1-23-15(22)13-12(18)8(5-17)6-21(13)10-4-2-3-9(16)11(10)14-19-7-24-20-14/h2-4,6-7H,18H2,1H3. The number of benzene rings is 1. The number of nitrogen functional groups attached to an aromatic ring is 1. The highest BCUT2D eigenvalue weighted by Crippen LogP contribution is 2.31. The molecule has 0 atom stereocenters. The molecule has 0 radical (unpaired) electrons. The molecule has 0 unspecified atom stereocenters. The van der Waals surface area contributed by atoms with E-state index in [1.54, 1.807) is 0 Å². The van der Waals surface area contributed by atoms with E-state index in [0.717, 1.165) is 6.39 Å². The number of methoxy groups -OCH3 is 1. The van der Waals surface area contributed by atoms with Gasteiger partial charge in [0.1, 0.15) is 11.9 Å². The van der Waals surface area contributed by atoms with Crippen LogP contribution >= 0.6 is 0 Å². The van der Waals surface area contributed by atoms with Gasteiger partial charge in [-0.1, -0.05) is 11.2 Å². The van der Waals surface area contributed by atoms with Gasteiger partial charge in [-0.15, -0.1) is 0 Å². The third-order valence-corrected chi connectivity index (χ3v) is 3.38. The number of hydrogen-bond acceptors (Lipinski definition) is 7. The van der Waals surface area contributed by atoms with Crippen molar-refractivity contribution in [3.05, 3.63) is 47.9 Å². The Kier molecular flexibility index (Phi) is 3.71. The quantitative estimate of drug-likeness (QED) is 0.729. The number of hydrogen-bond donors (Lipinski definition) is 1. The molecule has 2 N–H and O–H groups in total. The summed E-state index contributed by atoms with van der Waals surface area (Å²) in [5.74, 6) is -1.41. The normalized spacial score (nSPS) is 10.4. The van der Waals surface area contributed by atoms with Crippen LogP contribution in [-0.2, 0) is 4.74 Å². The molecule has 120 valence electrons. The largest absolute Gasteiger partial charge is 0.464 e. The van der Waals surface area contributed by atoms with Crippen molar-refractivity contribution >= 4 is 11.7 Å². The predicted molar refractivity (Wildman–Crippen MR) is 79.5 cm³/mol. The minimum atomic E-state index is -0.766. The van der Waals surface area contributed by atoms with Crippen molar-refractivity contribution in [1.29, 1.82) is 5.26 Å². The highest BCUT2D eigenvalue weighted by Gasteiger charge is 2.25. The maximum Gasteiger partial charge on any atom is 0.357 e. The molecular formula is C15H10FN5O3. The molecular weight excluding hydrogens is 317 g/mol. The van der Waals surface area contributed by atoms with Crippen LogP contribution in [0.1, 0.15) is 16.1 Å². The summed E-state index contributed by atoms with van der Waals surface area (Å²) >= 11 is 0. The Bertz CT molecular complexity index is 956. The van der Waals surface area contributed by atoms with Crippen molar-refractivity contribution in [3.8, 4) is 23.1 Å². The minimum absolute atomic E-state index is 0.00380. The number of rotatable bonds is 3. The van der Waals surface area contributed by atoms with Crippen molar-refractivity contribution in [2.24, 2.45) is 0 Å². The molecule has 1 aromatic carbocycles. The molecule has 0 saturated heterocycles. The molecule has 0 bridgehead atoms. The molecule has 2 heterocycles. The first-order chi connectivity index (χ1) is 11.6. The number of anilines is 1. The summed E-state index contributed by atoms with van der Waals surface area (Å²) in [6.45, 7) is 0. The van der Waals surface area contributed by atoms with Gasteiger partial charge in [0.15, 0.2) is 5.69 Å². The molecule has 0 saturated carbocycles. The second-order valence-corrected chi connectivity index (χ2v) is 4.67. The van der Waals surface area contributed by atoms with E-state index >= 15 is 0 Å². The summed E-state index contributed by atoms with van der Waals surface area (Å²) in [5, 5.41) is 12.8. The summed E-state index contributed by atoms with van der Waals surface area (Å²) in [6, 6.07) is 6.06. The number of carbonyl (C=O) groups excluding carboxylic acids is 1.